The molecule has 6 saturated heterocycles. The molecule has 0 spiro atoms. The standard InChI is InChI=1S/C65H106O31/c1-25-36(73)50(93-58-51(44(81)47(91-58)28(70)20-66)94-53-41(78)37(74)30(72)24-85-53)46(83)56(86-25)89-35-12-13-62(6)33(61(35,4)5)11-14-64(8)34(62)10-9-26-27-19-60(2,3)15-17-65(27,18-16-63(26,64)7)59(84)96-55-43(80)40(77)49(32(23-69)88-55)92-57-52(45(82)48(90-57)29(71)21-67)95-54-42(79)39(76)38(75)31(22-68)87-54/h9,25,27-58,66-83H,10-24H2,1-8H3/t25-,27-,28?,29?,30+,31+,32+,33?,34?,35-,36+,37-,38+,39-,40+,41+,42+,43+,44-,45-,46-,47+,48+,49-,50+,51+,52+,53-,54-,55-,56-,57-,58+,62-,63?,64+,65?/m0/s1. The van der Waals surface area contributed by atoms with Gasteiger partial charge in [0.05, 0.1) is 50.7 Å². The number of rotatable bonds is 18. The molecular formula is C65H106O31. The molecule has 0 aromatic heterocycles. The Morgan fingerprint density at radius 1 is 0.521 bits per heavy atom. The number of allylic oxidation sites excluding steroid dienone is 2. The first-order valence-electron chi connectivity index (χ1n) is 34.1. The molecule has 0 bridgehead atoms. The second-order valence-corrected chi connectivity index (χ2v) is 31.4. The van der Waals surface area contributed by atoms with Crippen LogP contribution < -0.4 is 0 Å². The number of hydrogen-bond donors (Lipinski definition) is 18. The average molecular weight is 1380 g/mol. The lowest BCUT2D eigenvalue weighted by molar-refractivity contribution is -0.352. The highest BCUT2D eigenvalue weighted by atomic mass is 16.8. The van der Waals surface area contributed by atoms with Crippen molar-refractivity contribution in [2.75, 3.05) is 33.0 Å². The quantitative estimate of drug-likeness (QED) is 0.0348. The first kappa shape index (κ1) is 75.2. The van der Waals surface area contributed by atoms with Gasteiger partial charge in [0, 0.05) is 0 Å². The van der Waals surface area contributed by atoms with E-state index in [1.165, 1.54) is 5.57 Å². The lowest BCUT2D eigenvalue weighted by atomic mass is 9.33. The van der Waals surface area contributed by atoms with E-state index in [0.29, 0.717) is 44.9 Å². The van der Waals surface area contributed by atoms with E-state index in [1.807, 2.05) is 0 Å². The van der Waals surface area contributed by atoms with E-state index >= 15 is 4.79 Å². The molecule has 6 aliphatic heterocycles. The van der Waals surface area contributed by atoms with E-state index in [4.69, 9.17) is 56.8 Å². The zero-order chi connectivity index (χ0) is 70.0. The van der Waals surface area contributed by atoms with Gasteiger partial charge in [0.15, 0.2) is 31.5 Å². The number of aliphatic hydroxyl groups is 18. The molecule has 37 atom stereocenters. The van der Waals surface area contributed by atoms with Crippen LogP contribution in [0.15, 0.2) is 11.6 Å². The summed E-state index contributed by atoms with van der Waals surface area (Å²) in [6.07, 6.45) is -40.3. The average Bonchev–Trinajstić information content (AvgIpc) is 0.784. The van der Waals surface area contributed by atoms with Crippen LogP contribution >= 0.6 is 0 Å². The summed E-state index contributed by atoms with van der Waals surface area (Å²) in [6, 6.07) is 0. The van der Waals surface area contributed by atoms with Crippen molar-refractivity contribution in [3.8, 4) is 0 Å². The van der Waals surface area contributed by atoms with Crippen LogP contribution in [0.3, 0.4) is 0 Å². The zero-order valence-corrected chi connectivity index (χ0v) is 55.6. The van der Waals surface area contributed by atoms with Crippen molar-refractivity contribution in [3.63, 3.8) is 0 Å². The molecule has 552 valence electrons. The maximum absolute atomic E-state index is 15.4. The summed E-state index contributed by atoms with van der Waals surface area (Å²) < 4.78 is 71.9. The molecule has 6 heterocycles. The lowest BCUT2D eigenvalue weighted by Gasteiger charge is -2.71. The van der Waals surface area contributed by atoms with Gasteiger partial charge >= 0.3 is 5.97 Å². The topological polar surface area (TPSA) is 492 Å². The SMILES string of the molecule is C[C@@H]1O[C@@H](O[C@H]2CC[C@@]3(C)C(CC[C@]4(C)C3CC=C3[C@@H]5CC(C)(C)CCC5(C(=O)O[C@@H]5O[C@H](CO)[C@H](O[C@@H]6O[C@H](C(O)CO)[C@H](O)[C@H]6O[C@@H]6O[C@H](CO)[C@@H](O)[C@H](O)[C@H]6O)[C@H](O)[C@H]5O)CCC34C)C2(C)C)[C@@H](O)[C@H](O[C@H]2O[C@H](C(O)CO)[C@H](O)[C@H]2O[C@@H]2OC[C@@H](O)[C@H](O)[C@H]2O)[C@@H]1O. The van der Waals surface area contributed by atoms with E-state index in [2.05, 4.69) is 54.5 Å². The largest absolute Gasteiger partial charge is 0.432 e. The highest BCUT2D eigenvalue weighted by Gasteiger charge is 2.71. The van der Waals surface area contributed by atoms with E-state index < -0.39 is 239 Å². The molecule has 96 heavy (non-hydrogen) atoms. The third kappa shape index (κ3) is 12.8. The Kier molecular flexibility index (Phi) is 22.1. The van der Waals surface area contributed by atoms with Crippen LogP contribution in [-0.4, -0.2) is 315 Å². The molecule has 0 radical (unpaired) electrons. The van der Waals surface area contributed by atoms with Gasteiger partial charge in [-0.1, -0.05) is 60.1 Å². The molecule has 18 N–H and O–H groups in total. The van der Waals surface area contributed by atoms with Gasteiger partial charge in [-0.25, -0.2) is 0 Å². The number of esters is 1. The van der Waals surface area contributed by atoms with Gasteiger partial charge in [-0.2, -0.15) is 0 Å². The molecule has 31 nitrogen and oxygen atoms in total. The Hall–Kier alpha value is -1.95. The Bertz CT molecular complexity index is 2690. The van der Waals surface area contributed by atoms with Crippen LogP contribution in [0.5, 0.6) is 0 Å². The van der Waals surface area contributed by atoms with Crippen LogP contribution in [-0.2, 0) is 61.6 Å². The summed E-state index contributed by atoms with van der Waals surface area (Å²) in [5.74, 6) is -0.704. The van der Waals surface area contributed by atoms with Gasteiger partial charge in [-0.3, -0.25) is 4.79 Å². The number of aliphatic hydroxyl groups excluding tert-OH is 18. The fourth-order valence-electron chi connectivity index (χ4n) is 19.2. The van der Waals surface area contributed by atoms with E-state index in [-0.39, 0.29) is 34.0 Å². The number of carbonyl (C=O) groups is 1. The Morgan fingerprint density at radius 2 is 1.07 bits per heavy atom. The lowest BCUT2D eigenvalue weighted by Crippen LogP contribution is -2.66. The fourth-order valence-corrected chi connectivity index (χ4v) is 19.2. The minimum atomic E-state index is -2.00. The van der Waals surface area contributed by atoms with Gasteiger partial charge in [-0.05, 0) is 116 Å². The van der Waals surface area contributed by atoms with E-state index in [0.717, 1.165) is 19.3 Å². The molecule has 0 aromatic carbocycles. The summed E-state index contributed by atoms with van der Waals surface area (Å²) in [5, 5.41) is 194. The van der Waals surface area contributed by atoms with Gasteiger partial charge in [0.25, 0.3) is 0 Å². The van der Waals surface area contributed by atoms with Crippen LogP contribution in [0.4, 0.5) is 0 Å². The van der Waals surface area contributed by atoms with Gasteiger partial charge in [-0.15, -0.1) is 0 Å². The maximum atomic E-state index is 15.4. The number of hydrogen-bond acceptors (Lipinski definition) is 31. The molecule has 11 rings (SSSR count). The van der Waals surface area contributed by atoms with Crippen molar-refractivity contribution < 1.29 is 154 Å². The number of ether oxygens (including phenoxy) is 12. The summed E-state index contributed by atoms with van der Waals surface area (Å²) in [4.78, 5) is 15.4. The Balaban J connectivity index is 0.778. The van der Waals surface area contributed by atoms with Crippen LogP contribution in [0, 0.1) is 50.2 Å². The maximum Gasteiger partial charge on any atom is 0.315 e. The van der Waals surface area contributed by atoms with E-state index in [9.17, 15) is 91.9 Å². The molecular weight excluding hydrogens is 1280 g/mol. The fraction of sp³-hybridized carbons (Fsp3) is 0.954. The summed E-state index contributed by atoms with van der Waals surface area (Å²) in [6.45, 7) is 13.5. The second kappa shape index (κ2) is 28.3. The minimum absolute atomic E-state index is 0.0882. The predicted octanol–water partition coefficient (Wildman–Crippen LogP) is -4.72. The third-order valence-electron chi connectivity index (χ3n) is 25.2. The summed E-state index contributed by atoms with van der Waals surface area (Å²) in [7, 11) is 0. The van der Waals surface area contributed by atoms with Crippen molar-refractivity contribution in [1.82, 2.24) is 0 Å². The summed E-state index contributed by atoms with van der Waals surface area (Å²) in [5.41, 5.74) is -1.58. The highest BCUT2D eigenvalue weighted by molar-refractivity contribution is 5.79. The minimum Gasteiger partial charge on any atom is -0.432 e. The molecule has 4 saturated carbocycles. The molecule has 6 unspecified atom stereocenters. The monoisotopic (exact) mass is 1380 g/mol. The highest BCUT2D eigenvalue weighted by Crippen LogP contribution is 2.76. The predicted molar refractivity (Wildman–Crippen MR) is 321 cm³/mol. The molecule has 0 aromatic rings. The first-order chi connectivity index (χ1) is 45.1. The molecule has 5 aliphatic carbocycles. The zero-order valence-electron chi connectivity index (χ0n) is 55.6. The van der Waals surface area contributed by atoms with Gasteiger partial charge in [0.1, 0.15) is 134 Å². The third-order valence-corrected chi connectivity index (χ3v) is 25.2. The molecule has 0 amide bonds. The Morgan fingerprint density at radius 3 is 1.69 bits per heavy atom. The second-order valence-electron chi connectivity index (χ2n) is 31.4. The van der Waals surface area contributed by atoms with Crippen molar-refractivity contribution in [2.24, 2.45) is 50.2 Å². The number of fused-ring (bicyclic) bond motifs is 7. The smallest absolute Gasteiger partial charge is 0.315 e. The van der Waals surface area contributed by atoms with Crippen molar-refractivity contribution in [2.45, 2.75) is 304 Å². The van der Waals surface area contributed by atoms with Crippen LogP contribution in [0.25, 0.3) is 0 Å². The van der Waals surface area contributed by atoms with E-state index in [1.54, 1.807) is 6.92 Å². The van der Waals surface area contributed by atoms with Crippen molar-refractivity contribution in [1.29, 1.82) is 0 Å². The molecule has 10 fully saturated rings. The van der Waals surface area contributed by atoms with Crippen LogP contribution in [0.2, 0.25) is 0 Å². The summed E-state index contributed by atoms with van der Waals surface area (Å²) >= 11 is 0. The van der Waals surface area contributed by atoms with Gasteiger partial charge in [0.2, 0.25) is 6.29 Å². The molecule has 11 aliphatic rings. The molecule has 31 heteroatoms. The van der Waals surface area contributed by atoms with Crippen LogP contribution in [0.1, 0.15) is 120 Å². The van der Waals surface area contributed by atoms with Gasteiger partial charge < -0.3 is 149 Å². The number of carbonyl (C=O) groups excluding carboxylic acids is 1. The van der Waals surface area contributed by atoms with Crippen molar-refractivity contribution >= 4 is 5.97 Å². The normalized spacial score (nSPS) is 53.0. The first-order valence-corrected chi connectivity index (χ1v) is 34.1. The van der Waals surface area contributed by atoms with Crippen molar-refractivity contribution in [3.05, 3.63) is 11.6 Å². The Labute approximate surface area is 556 Å².